The van der Waals surface area contributed by atoms with Gasteiger partial charge in [0.05, 0.1) is 25.8 Å². The molecule has 0 saturated heterocycles. The minimum absolute atomic E-state index is 0.341. The second-order valence-electron chi connectivity index (χ2n) is 4.46. The Labute approximate surface area is 128 Å². The van der Waals surface area contributed by atoms with E-state index >= 15 is 0 Å². The van der Waals surface area contributed by atoms with Crippen molar-refractivity contribution in [2.45, 2.75) is 6.04 Å². The summed E-state index contributed by atoms with van der Waals surface area (Å²) in [6.45, 7) is 0. The summed E-state index contributed by atoms with van der Waals surface area (Å²) in [6, 6.07) is 9.48. The van der Waals surface area contributed by atoms with Crippen LogP contribution in [0.5, 0.6) is 11.5 Å². The Bertz CT molecular complexity index is 611. The van der Waals surface area contributed by atoms with Gasteiger partial charge in [0, 0.05) is 10.6 Å². The summed E-state index contributed by atoms with van der Waals surface area (Å²) in [5.41, 5.74) is 1.17. The normalized spacial score (nSPS) is 12.0. The van der Waals surface area contributed by atoms with Gasteiger partial charge in [-0.25, -0.2) is 4.39 Å². The lowest BCUT2D eigenvalue weighted by molar-refractivity contribution is 0.377. The first-order valence-corrected chi connectivity index (χ1v) is 6.83. The average molecular weight is 310 g/mol. The minimum atomic E-state index is -0.435. The van der Waals surface area contributed by atoms with Gasteiger partial charge in [-0.1, -0.05) is 17.7 Å². The van der Waals surface area contributed by atoms with E-state index in [1.807, 2.05) is 18.2 Å². The van der Waals surface area contributed by atoms with Gasteiger partial charge in [0.25, 0.3) is 0 Å². The third kappa shape index (κ3) is 3.12. The second-order valence-corrected chi connectivity index (χ2v) is 4.90. The first kappa shape index (κ1) is 15.6. The number of hydrogen-bond acceptors (Lipinski definition) is 3. The van der Waals surface area contributed by atoms with Gasteiger partial charge in [0.15, 0.2) is 0 Å². The van der Waals surface area contributed by atoms with E-state index in [2.05, 4.69) is 5.32 Å². The molecule has 0 heterocycles. The van der Waals surface area contributed by atoms with E-state index in [9.17, 15) is 4.39 Å². The number of hydrogen-bond donors (Lipinski definition) is 1. The fourth-order valence-electron chi connectivity index (χ4n) is 2.36. The van der Waals surface area contributed by atoms with Crippen LogP contribution in [0.25, 0.3) is 0 Å². The number of benzene rings is 2. The monoisotopic (exact) mass is 309 g/mol. The predicted octanol–water partition coefficient (Wildman–Crippen LogP) is 3.81. The van der Waals surface area contributed by atoms with Crippen molar-refractivity contribution in [3.05, 3.63) is 58.4 Å². The zero-order valence-electron chi connectivity index (χ0n) is 12.1. The summed E-state index contributed by atoms with van der Waals surface area (Å²) < 4.78 is 25.0. The Hall–Kier alpha value is -1.78. The van der Waals surface area contributed by atoms with Gasteiger partial charge in [0.2, 0.25) is 0 Å². The predicted molar refractivity (Wildman–Crippen MR) is 81.9 cm³/mol. The molecule has 0 aliphatic carbocycles. The number of methoxy groups -OCH3 is 2. The molecule has 2 aromatic rings. The summed E-state index contributed by atoms with van der Waals surface area (Å²) in [4.78, 5) is 0. The van der Waals surface area contributed by atoms with Crippen LogP contribution in [-0.4, -0.2) is 21.3 Å². The van der Waals surface area contributed by atoms with Crippen LogP contribution in [0.1, 0.15) is 17.2 Å². The van der Waals surface area contributed by atoms with E-state index in [1.165, 1.54) is 12.1 Å². The fraction of sp³-hybridized carbons (Fsp3) is 0.250. The minimum Gasteiger partial charge on any atom is -0.496 e. The van der Waals surface area contributed by atoms with Crippen molar-refractivity contribution in [2.75, 3.05) is 21.3 Å². The smallest absolute Gasteiger partial charge is 0.128 e. The Morgan fingerprint density at radius 2 is 1.71 bits per heavy atom. The quantitative estimate of drug-likeness (QED) is 0.911. The van der Waals surface area contributed by atoms with E-state index in [-0.39, 0.29) is 5.82 Å². The van der Waals surface area contributed by atoms with Crippen LogP contribution in [0, 0.1) is 5.82 Å². The van der Waals surface area contributed by atoms with Crippen LogP contribution < -0.4 is 14.8 Å². The molecule has 2 aromatic carbocycles. The number of ether oxygens (including phenoxy) is 2. The van der Waals surface area contributed by atoms with Gasteiger partial charge < -0.3 is 14.8 Å². The highest BCUT2D eigenvalue weighted by Crippen LogP contribution is 2.38. The van der Waals surface area contributed by atoms with Gasteiger partial charge in [-0.15, -0.1) is 0 Å². The molecule has 0 saturated carbocycles. The lowest BCUT2D eigenvalue weighted by Crippen LogP contribution is -2.20. The molecule has 5 heteroatoms. The molecule has 1 unspecified atom stereocenters. The van der Waals surface area contributed by atoms with E-state index in [1.54, 1.807) is 27.3 Å². The van der Waals surface area contributed by atoms with Crippen molar-refractivity contribution in [3.8, 4) is 11.5 Å². The Kier molecular flexibility index (Phi) is 5.04. The molecule has 2 rings (SSSR count). The van der Waals surface area contributed by atoms with Crippen LogP contribution in [0.3, 0.4) is 0 Å². The third-order valence-corrected chi connectivity index (χ3v) is 3.55. The van der Waals surface area contributed by atoms with Crippen molar-refractivity contribution >= 4 is 11.6 Å². The molecule has 0 radical (unpaired) electrons. The van der Waals surface area contributed by atoms with Crippen LogP contribution in [0.4, 0.5) is 4.39 Å². The Morgan fingerprint density at radius 1 is 1.10 bits per heavy atom. The van der Waals surface area contributed by atoms with Crippen molar-refractivity contribution in [3.63, 3.8) is 0 Å². The fourth-order valence-corrected chi connectivity index (χ4v) is 2.54. The van der Waals surface area contributed by atoms with Gasteiger partial charge in [-0.05, 0) is 37.4 Å². The standard InChI is InChI=1S/C16H17ClFNO2/c1-19-16(11-9-10(17)7-8-12(11)18)15-13(20-2)5-4-6-14(15)21-3/h4-9,16,19H,1-3H3. The number of rotatable bonds is 5. The van der Waals surface area contributed by atoms with Gasteiger partial charge in [-0.2, -0.15) is 0 Å². The highest BCUT2D eigenvalue weighted by Gasteiger charge is 2.24. The van der Waals surface area contributed by atoms with Crippen molar-refractivity contribution in [1.29, 1.82) is 0 Å². The zero-order chi connectivity index (χ0) is 15.4. The maximum atomic E-state index is 14.2. The number of halogens is 2. The van der Waals surface area contributed by atoms with Gasteiger partial charge in [-0.3, -0.25) is 0 Å². The SMILES string of the molecule is CNC(c1cc(Cl)ccc1F)c1c(OC)cccc1OC. The largest absolute Gasteiger partial charge is 0.496 e. The van der Waals surface area contributed by atoms with E-state index in [0.29, 0.717) is 22.1 Å². The van der Waals surface area contributed by atoms with E-state index < -0.39 is 6.04 Å². The van der Waals surface area contributed by atoms with Crippen molar-refractivity contribution in [1.82, 2.24) is 5.32 Å². The summed E-state index contributed by atoms with van der Waals surface area (Å²) in [7, 11) is 4.88. The molecule has 0 aromatic heterocycles. The molecule has 1 N–H and O–H groups in total. The molecule has 1 atom stereocenters. The molecule has 112 valence electrons. The first-order chi connectivity index (χ1) is 10.1. The van der Waals surface area contributed by atoms with Gasteiger partial charge in [0.1, 0.15) is 17.3 Å². The molecule has 0 fully saturated rings. The van der Waals surface area contributed by atoms with Crippen LogP contribution in [-0.2, 0) is 0 Å². The molecule has 3 nitrogen and oxygen atoms in total. The molecule has 0 spiro atoms. The average Bonchev–Trinajstić information content (AvgIpc) is 2.51. The summed E-state index contributed by atoms with van der Waals surface area (Å²) >= 11 is 6.00. The maximum Gasteiger partial charge on any atom is 0.128 e. The van der Waals surface area contributed by atoms with Crippen molar-refractivity contribution in [2.24, 2.45) is 0 Å². The van der Waals surface area contributed by atoms with Crippen LogP contribution in [0.15, 0.2) is 36.4 Å². The Balaban J connectivity index is 2.63. The summed E-state index contributed by atoms with van der Waals surface area (Å²) in [5, 5.41) is 3.57. The topological polar surface area (TPSA) is 30.5 Å². The third-order valence-electron chi connectivity index (χ3n) is 3.31. The molecule has 0 amide bonds. The molecule has 21 heavy (non-hydrogen) atoms. The summed E-state index contributed by atoms with van der Waals surface area (Å²) in [6.07, 6.45) is 0. The maximum absolute atomic E-state index is 14.2. The van der Waals surface area contributed by atoms with Crippen molar-refractivity contribution < 1.29 is 13.9 Å². The first-order valence-electron chi connectivity index (χ1n) is 6.45. The molecular weight excluding hydrogens is 293 g/mol. The molecule has 0 aliphatic rings. The Morgan fingerprint density at radius 3 is 2.24 bits per heavy atom. The van der Waals surface area contributed by atoms with E-state index in [0.717, 1.165) is 5.56 Å². The molecule has 0 bridgehead atoms. The second kappa shape index (κ2) is 6.78. The lowest BCUT2D eigenvalue weighted by Gasteiger charge is -2.22. The zero-order valence-corrected chi connectivity index (χ0v) is 12.9. The van der Waals surface area contributed by atoms with E-state index in [4.69, 9.17) is 21.1 Å². The highest BCUT2D eigenvalue weighted by molar-refractivity contribution is 6.30. The van der Waals surface area contributed by atoms with Gasteiger partial charge >= 0.3 is 0 Å². The summed E-state index contributed by atoms with van der Waals surface area (Å²) in [5.74, 6) is 0.896. The highest BCUT2D eigenvalue weighted by atomic mass is 35.5. The molecular formula is C16H17ClFNO2. The van der Waals surface area contributed by atoms with Crippen LogP contribution in [0.2, 0.25) is 5.02 Å². The number of nitrogens with one attached hydrogen (secondary N) is 1. The lowest BCUT2D eigenvalue weighted by atomic mass is 9.96. The van der Waals surface area contributed by atoms with Crippen LogP contribution >= 0.6 is 11.6 Å². The molecule has 0 aliphatic heterocycles.